The van der Waals surface area contributed by atoms with E-state index in [1.54, 1.807) is 0 Å². The molecule has 0 aromatic rings. The zero-order valence-corrected chi connectivity index (χ0v) is 10.1. The van der Waals surface area contributed by atoms with Crippen LogP contribution >= 0.6 is 0 Å². The summed E-state index contributed by atoms with van der Waals surface area (Å²) in [6.07, 6.45) is 6.12. The van der Waals surface area contributed by atoms with Crippen molar-refractivity contribution in [1.29, 1.82) is 0 Å². The molecule has 4 heteroatoms. The molecule has 0 amide bonds. The molecule has 1 saturated heterocycles. The van der Waals surface area contributed by atoms with Crippen molar-refractivity contribution in [2.75, 3.05) is 13.3 Å². The Morgan fingerprint density at radius 2 is 1.80 bits per heavy atom. The topological polar surface area (TPSA) is 62.1 Å². The highest BCUT2D eigenvalue weighted by Gasteiger charge is 2.20. The SMILES string of the molecule is CCC(N)(CC)CCCC1NCNCN1. The van der Waals surface area contributed by atoms with Gasteiger partial charge in [0.2, 0.25) is 0 Å². The summed E-state index contributed by atoms with van der Waals surface area (Å²) in [5.41, 5.74) is 6.32. The number of hydrogen-bond acceptors (Lipinski definition) is 4. The van der Waals surface area contributed by atoms with Crippen LogP contribution < -0.4 is 21.7 Å². The van der Waals surface area contributed by atoms with Crippen LogP contribution in [0, 0.1) is 0 Å². The molecule has 15 heavy (non-hydrogen) atoms. The zero-order chi connectivity index (χ0) is 11.1. The van der Waals surface area contributed by atoms with Crippen molar-refractivity contribution in [2.45, 2.75) is 57.7 Å². The molecule has 0 aromatic carbocycles. The number of hydrogen-bond donors (Lipinski definition) is 4. The summed E-state index contributed by atoms with van der Waals surface area (Å²) in [6.45, 7) is 6.19. The van der Waals surface area contributed by atoms with Crippen LogP contribution in [0.1, 0.15) is 46.0 Å². The Labute approximate surface area is 93.4 Å². The Kier molecular flexibility index (Phi) is 5.53. The van der Waals surface area contributed by atoms with E-state index >= 15 is 0 Å². The second kappa shape index (κ2) is 6.43. The van der Waals surface area contributed by atoms with Crippen LogP contribution in [0.15, 0.2) is 0 Å². The molecule has 4 nitrogen and oxygen atoms in total. The summed E-state index contributed by atoms with van der Waals surface area (Å²) >= 11 is 0. The molecule has 0 atom stereocenters. The van der Waals surface area contributed by atoms with Crippen molar-refractivity contribution < 1.29 is 0 Å². The minimum Gasteiger partial charge on any atom is -0.325 e. The fraction of sp³-hybridized carbons (Fsp3) is 1.00. The van der Waals surface area contributed by atoms with Gasteiger partial charge >= 0.3 is 0 Å². The number of nitrogens with one attached hydrogen (secondary N) is 3. The molecule has 0 radical (unpaired) electrons. The Morgan fingerprint density at radius 3 is 2.33 bits per heavy atom. The van der Waals surface area contributed by atoms with Crippen LogP contribution in [-0.2, 0) is 0 Å². The van der Waals surface area contributed by atoms with Crippen molar-refractivity contribution in [1.82, 2.24) is 16.0 Å². The maximum Gasteiger partial charge on any atom is 0.0591 e. The lowest BCUT2D eigenvalue weighted by Crippen LogP contribution is -2.55. The maximum atomic E-state index is 6.26. The molecule has 0 unspecified atom stereocenters. The minimum atomic E-state index is 0.0624. The third-order valence-electron chi connectivity index (χ3n) is 3.52. The summed E-state index contributed by atoms with van der Waals surface area (Å²) in [7, 11) is 0. The lowest BCUT2D eigenvalue weighted by atomic mass is 9.88. The van der Waals surface area contributed by atoms with Gasteiger partial charge in [0.25, 0.3) is 0 Å². The van der Waals surface area contributed by atoms with Gasteiger partial charge in [0.1, 0.15) is 0 Å². The summed E-state index contributed by atoms with van der Waals surface area (Å²) in [5.74, 6) is 0. The van der Waals surface area contributed by atoms with E-state index < -0.39 is 0 Å². The number of rotatable bonds is 6. The molecule has 0 aliphatic carbocycles. The van der Waals surface area contributed by atoms with Gasteiger partial charge in [-0.1, -0.05) is 13.8 Å². The predicted octanol–water partition coefficient (Wildman–Crippen LogP) is 0.698. The maximum absolute atomic E-state index is 6.26. The lowest BCUT2D eigenvalue weighted by Gasteiger charge is -2.29. The molecular weight excluding hydrogens is 188 g/mol. The summed E-state index contributed by atoms with van der Waals surface area (Å²) in [5, 5.41) is 9.95. The van der Waals surface area contributed by atoms with Gasteiger partial charge in [0.15, 0.2) is 0 Å². The first-order chi connectivity index (χ1) is 7.20. The quantitative estimate of drug-likeness (QED) is 0.525. The highest BCUT2D eigenvalue weighted by molar-refractivity contribution is 4.81. The first-order valence-electron chi connectivity index (χ1n) is 6.16. The Morgan fingerprint density at radius 1 is 1.20 bits per heavy atom. The van der Waals surface area contributed by atoms with E-state index in [2.05, 4.69) is 29.8 Å². The molecule has 0 aromatic heterocycles. The molecule has 0 saturated carbocycles. The van der Waals surface area contributed by atoms with Crippen LogP contribution in [0.2, 0.25) is 0 Å². The summed E-state index contributed by atoms with van der Waals surface area (Å²) in [4.78, 5) is 0. The Balaban J connectivity index is 2.14. The third-order valence-corrected chi connectivity index (χ3v) is 3.52. The van der Waals surface area contributed by atoms with E-state index in [4.69, 9.17) is 5.73 Å². The zero-order valence-electron chi connectivity index (χ0n) is 10.1. The second-order valence-corrected chi connectivity index (χ2v) is 4.53. The van der Waals surface area contributed by atoms with Crippen LogP contribution in [-0.4, -0.2) is 25.0 Å². The lowest BCUT2D eigenvalue weighted by molar-refractivity contribution is 0.291. The van der Waals surface area contributed by atoms with E-state index in [0.717, 1.165) is 32.6 Å². The molecule has 1 heterocycles. The van der Waals surface area contributed by atoms with Crippen molar-refractivity contribution in [2.24, 2.45) is 5.73 Å². The summed E-state index contributed by atoms with van der Waals surface area (Å²) in [6, 6.07) is 0. The van der Waals surface area contributed by atoms with E-state index in [1.165, 1.54) is 12.8 Å². The Hall–Kier alpha value is -0.160. The van der Waals surface area contributed by atoms with Gasteiger partial charge in [-0.3, -0.25) is 16.0 Å². The average molecular weight is 214 g/mol. The molecule has 1 aliphatic heterocycles. The first-order valence-corrected chi connectivity index (χ1v) is 6.16. The van der Waals surface area contributed by atoms with Crippen molar-refractivity contribution >= 4 is 0 Å². The molecular formula is C11H26N4. The smallest absolute Gasteiger partial charge is 0.0591 e. The van der Waals surface area contributed by atoms with Crippen LogP contribution in [0.3, 0.4) is 0 Å². The van der Waals surface area contributed by atoms with E-state index in [9.17, 15) is 0 Å². The minimum absolute atomic E-state index is 0.0624. The van der Waals surface area contributed by atoms with Crippen molar-refractivity contribution in [3.8, 4) is 0 Å². The van der Waals surface area contributed by atoms with Gasteiger partial charge < -0.3 is 5.73 Å². The van der Waals surface area contributed by atoms with Gasteiger partial charge in [-0.2, -0.15) is 0 Å². The van der Waals surface area contributed by atoms with Crippen LogP contribution in [0.5, 0.6) is 0 Å². The van der Waals surface area contributed by atoms with Crippen LogP contribution in [0.4, 0.5) is 0 Å². The van der Waals surface area contributed by atoms with Gasteiger partial charge in [-0.15, -0.1) is 0 Å². The predicted molar refractivity (Wildman–Crippen MR) is 64.3 cm³/mol. The van der Waals surface area contributed by atoms with E-state index in [0.29, 0.717) is 6.17 Å². The Bertz CT molecular complexity index is 162. The molecule has 0 spiro atoms. The van der Waals surface area contributed by atoms with Crippen molar-refractivity contribution in [3.63, 3.8) is 0 Å². The average Bonchev–Trinajstić information content (AvgIpc) is 2.30. The third kappa shape index (κ3) is 4.47. The second-order valence-electron chi connectivity index (χ2n) is 4.53. The monoisotopic (exact) mass is 214 g/mol. The molecule has 1 aliphatic rings. The molecule has 5 N–H and O–H groups in total. The molecule has 0 bridgehead atoms. The van der Waals surface area contributed by atoms with Gasteiger partial charge in [0.05, 0.1) is 6.17 Å². The van der Waals surface area contributed by atoms with Crippen molar-refractivity contribution in [3.05, 3.63) is 0 Å². The molecule has 1 fully saturated rings. The van der Waals surface area contributed by atoms with Gasteiger partial charge in [-0.05, 0) is 32.1 Å². The highest BCUT2D eigenvalue weighted by atomic mass is 15.3. The summed E-state index contributed by atoms with van der Waals surface area (Å²) < 4.78 is 0. The standard InChI is InChI=1S/C11H26N4/c1-3-11(12,4-2)7-5-6-10-14-8-13-9-15-10/h10,13-15H,3-9,12H2,1-2H3. The van der Waals surface area contributed by atoms with E-state index in [1.807, 2.05) is 0 Å². The van der Waals surface area contributed by atoms with Gasteiger partial charge in [0, 0.05) is 18.9 Å². The normalized spacial score (nSPS) is 19.4. The highest BCUT2D eigenvalue weighted by Crippen LogP contribution is 2.19. The van der Waals surface area contributed by atoms with Gasteiger partial charge in [-0.25, -0.2) is 0 Å². The van der Waals surface area contributed by atoms with E-state index in [-0.39, 0.29) is 5.54 Å². The largest absolute Gasteiger partial charge is 0.325 e. The fourth-order valence-electron chi connectivity index (χ4n) is 1.99. The number of nitrogens with two attached hydrogens (primary N) is 1. The molecule has 90 valence electrons. The molecule has 1 rings (SSSR count). The van der Waals surface area contributed by atoms with Crippen LogP contribution in [0.25, 0.3) is 0 Å². The fourth-order valence-corrected chi connectivity index (χ4v) is 1.99. The first kappa shape index (κ1) is 12.9.